The first-order valence-corrected chi connectivity index (χ1v) is 10.7. The second kappa shape index (κ2) is 10.6. The van der Waals surface area contributed by atoms with E-state index in [0.29, 0.717) is 16.7 Å². The van der Waals surface area contributed by atoms with Crippen LogP contribution in [-0.4, -0.2) is 21.2 Å². The highest BCUT2D eigenvalue weighted by Gasteiger charge is 2.14. The molecule has 0 radical (unpaired) electrons. The van der Waals surface area contributed by atoms with Gasteiger partial charge in [-0.3, -0.25) is 19.4 Å². The van der Waals surface area contributed by atoms with Gasteiger partial charge in [-0.1, -0.05) is 20.3 Å². The predicted molar refractivity (Wildman–Crippen MR) is 121 cm³/mol. The van der Waals surface area contributed by atoms with Gasteiger partial charge in [-0.25, -0.2) is 4.39 Å². The molecule has 0 unspecified atom stereocenters. The monoisotopic (exact) mass is 435 g/mol. The summed E-state index contributed by atoms with van der Waals surface area (Å²) in [4.78, 5) is 41.8. The molecule has 2 heterocycles. The van der Waals surface area contributed by atoms with Crippen molar-refractivity contribution in [1.82, 2.24) is 9.55 Å². The fourth-order valence-corrected chi connectivity index (χ4v) is 3.35. The lowest BCUT2D eigenvalue weighted by Crippen LogP contribution is -2.28. The molecule has 1 N–H and O–H groups in total. The second-order valence-corrected chi connectivity index (χ2v) is 7.55. The lowest BCUT2D eigenvalue weighted by molar-refractivity contribution is -0.115. The number of ketones is 1. The number of anilines is 1. The van der Waals surface area contributed by atoms with E-state index >= 15 is 0 Å². The van der Waals surface area contributed by atoms with Gasteiger partial charge in [0.2, 0.25) is 5.91 Å². The van der Waals surface area contributed by atoms with Gasteiger partial charge >= 0.3 is 0 Å². The number of rotatable bonds is 9. The predicted octanol–water partition coefficient (Wildman–Crippen LogP) is 4.35. The quantitative estimate of drug-likeness (QED) is 0.507. The average molecular weight is 435 g/mol. The van der Waals surface area contributed by atoms with Crippen LogP contribution in [0.3, 0.4) is 0 Å². The van der Waals surface area contributed by atoms with E-state index in [1.807, 2.05) is 6.07 Å². The molecule has 3 rings (SSSR count). The lowest BCUT2D eigenvalue weighted by Gasteiger charge is -2.15. The number of pyridine rings is 2. The fraction of sp³-hybridized carbons (Fsp3) is 0.280. The summed E-state index contributed by atoms with van der Waals surface area (Å²) in [6.45, 7) is 4.01. The molecule has 3 aromatic rings. The molecule has 1 aromatic carbocycles. The van der Waals surface area contributed by atoms with Crippen molar-refractivity contribution < 1.29 is 14.0 Å². The van der Waals surface area contributed by atoms with Crippen LogP contribution < -0.4 is 10.9 Å². The smallest absolute Gasteiger partial charge is 0.274 e. The van der Waals surface area contributed by atoms with E-state index in [4.69, 9.17) is 0 Å². The van der Waals surface area contributed by atoms with Crippen LogP contribution in [0.25, 0.3) is 0 Å². The van der Waals surface area contributed by atoms with Gasteiger partial charge in [0.05, 0.1) is 6.54 Å². The zero-order valence-corrected chi connectivity index (χ0v) is 18.2. The van der Waals surface area contributed by atoms with Crippen LogP contribution in [0.2, 0.25) is 0 Å². The molecule has 2 aromatic heterocycles. The maximum Gasteiger partial charge on any atom is 0.274 e. The van der Waals surface area contributed by atoms with E-state index in [1.165, 1.54) is 30.5 Å². The highest BCUT2D eigenvalue weighted by Crippen LogP contribution is 2.14. The van der Waals surface area contributed by atoms with Gasteiger partial charge in [0.25, 0.3) is 5.56 Å². The Bertz CT molecular complexity index is 1170. The number of unbranched alkanes of at least 4 members (excludes halogenated alkanes) is 1. The molecule has 0 aliphatic rings. The Labute approximate surface area is 186 Å². The molecule has 166 valence electrons. The van der Waals surface area contributed by atoms with Crippen LogP contribution in [-0.2, 0) is 17.8 Å². The van der Waals surface area contributed by atoms with Crippen molar-refractivity contribution in [3.8, 4) is 0 Å². The first-order valence-electron chi connectivity index (χ1n) is 10.7. The second-order valence-electron chi connectivity index (χ2n) is 7.55. The average Bonchev–Trinajstić information content (AvgIpc) is 2.81. The van der Waals surface area contributed by atoms with Crippen LogP contribution >= 0.6 is 0 Å². The molecule has 0 saturated carbocycles. The highest BCUT2D eigenvalue weighted by atomic mass is 19.1. The minimum absolute atomic E-state index is 0.214. The summed E-state index contributed by atoms with van der Waals surface area (Å²) < 4.78 is 14.8. The topological polar surface area (TPSA) is 81.1 Å². The Morgan fingerprint density at radius 2 is 1.78 bits per heavy atom. The highest BCUT2D eigenvalue weighted by molar-refractivity contribution is 6.08. The third kappa shape index (κ3) is 5.55. The Morgan fingerprint density at radius 3 is 2.47 bits per heavy atom. The van der Waals surface area contributed by atoms with E-state index in [0.717, 1.165) is 25.0 Å². The van der Waals surface area contributed by atoms with Crippen molar-refractivity contribution in [3.05, 3.63) is 93.4 Å². The van der Waals surface area contributed by atoms with Gasteiger partial charge in [-0.2, -0.15) is 0 Å². The Balaban J connectivity index is 1.94. The Morgan fingerprint density at radius 1 is 1.03 bits per heavy atom. The first kappa shape index (κ1) is 23.1. The third-order valence-electron chi connectivity index (χ3n) is 5.15. The molecule has 0 aliphatic heterocycles. The Kier molecular flexibility index (Phi) is 7.65. The van der Waals surface area contributed by atoms with E-state index in [2.05, 4.69) is 17.2 Å². The number of amides is 1. The van der Waals surface area contributed by atoms with Gasteiger partial charge < -0.3 is 9.88 Å². The van der Waals surface area contributed by atoms with Crippen molar-refractivity contribution in [2.45, 2.75) is 46.1 Å². The summed E-state index contributed by atoms with van der Waals surface area (Å²) in [5.41, 5.74) is 2.17. The van der Waals surface area contributed by atoms with Gasteiger partial charge in [-0.15, -0.1) is 0 Å². The number of aromatic nitrogens is 2. The van der Waals surface area contributed by atoms with Crippen molar-refractivity contribution in [2.24, 2.45) is 0 Å². The molecular formula is C25H26FN3O3. The largest absolute Gasteiger partial charge is 0.321 e. The first-order chi connectivity index (χ1) is 15.4. The van der Waals surface area contributed by atoms with Crippen LogP contribution in [0.1, 0.15) is 60.3 Å². The van der Waals surface area contributed by atoms with Crippen LogP contribution in [0, 0.1) is 5.82 Å². The summed E-state index contributed by atoms with van der Waals surface area (Å²) >= 11 is 0. The van der Waals surface area contributed by atoms with E-state index in [9.17, 15) is 18.8 Å². The zero-order chi connectivity index (χ0) is 23.1. The Hall–Kier alpha value is -3.61. The molecule has 7 heteroatoms. The zero-order valence-electron chi connectivity index (χ0n) is 18.2. The summed E-state index contributed by atoms with van der Waals surface area (Å²) in [5, 5.41) is 2.65. The molecule has 1 amide bonds. The standard InChI is InChI=1S/C25H26FN3O3/c1-3-5-6-21-11-12-22(28-23(30)4-2)25(32)29(21)16-17-13-19(15-27-14-17)24(31)18-7-9-20(26)10-8-18/h7-15H,3-6,16H2,1-2H3,(H,28,30). The number of nitrogens with one attached hydrogen (secondary N) is 1. The minimum atomic E-state index is -0.414. The van der Waals surface area contributed by atoms with E-state index < -0.39 is 5.82 Å². The maximum absolute atomic E-state index is 13.2. The van der Waals surface area contributed by atoms with E-state index in [-0.39, 0.29) is 35.9 Å². The maximum atomic E-state index is 13.2. The number of hydrogen-bond donors (Lipinski definition) is 1. The molecule has 0 fully saturated rings. The van der Waals surface area contributed by atoms with Crippen molar-refractivity contribution in [1.29, 1.82) is 0 Å². The van der Waals surface area contributed by atoms with Crippen LogP contribution in [0.4, 0.5) is 10.1 Å². The number of halogens is 1. The van der Waals surface area contributed by atoms with Crippen LogP contribution in [0.5, 0.6) is 0 Å². The SMILES string of the molecule is CCCCc1ccc(NC(=O)CC)c(=O)n1Cc1cncc(C(=O)c2ccc(F)cc2)c1. The summed E-state index contributed by atoms with van der Waals surface area (Å²) in [5.74, 6) is -0.923. The number of carbonyl (C=O) groups is 2. The molecule has 6 nitrogen and oxygen atoms in total. The number of carbonyl (C=O) groups excluding carboxylic acids is 2. The fourth-order valence-electron chi connectivity index (χ4n) is 3.35. The molecule has 0 aliphatic carbocycles. The summed E-state index contributed by atoms with van der Waals surface area (Å²) in [6, 6.07) is 10.5. The van der Waals surface area contributed by atoms with Gasteiger partial charge in [0.1, 0.15) is 11.5 Å². The van der Waals surface area contributed by atoms with Crippen molar-refractivity contribution in [2.75, 3.05) is 5.32 Å². The number of benzene rings is 1. The molecule has 0 spiro atoms. The van der Waals surface area contributed by atoms with Crippen molar-refractivity contribution in [3.63, 3.8) is 0 Å². The molecule has 0 atom stereocenters. The molecule has 0 bridgehead atoms. The molecule has 32 heavy (non-hydrogen) atoms. The minimum Gasteiger partial charge on any atom is -0.321 e. The summed E-state index contributed by atoms with van der Waals surface area (Å²) in [6.07, 6.45) is 5.94. The van der Waals surface area contributed by atoms with Crippen molar-refractivity contribution >= 4 is 17.4 Å². The number of nitrogens with zero attached hydrogens (tertiary/aromatic N) is 2. The third-order valence-corrected chi connectivity index (χ3v) is 5.15. The van der Waals surface area contributed by atoms with Gasteiger partial charge in [0, 0.05) is 35.6 Å². The van der Waals surface area contributed by atoms with Crippen LogP contribution in [0.15, 0.2) is 59.7 Å². The number of hydrogen-bond acceptors (Lipinski definition) is 4. The van der Waals surface area contributed by atoms with Gasteiger partial charge in [-0.05, 0) is 60.9 Å². The molecular weight excluding hydrogens is 409 g/mol. The number of aryl methyl sites for hydroxylation is 1. The summed E-state index contributed by atoms with van der Waals surface area (Å²) in [7, 11) is 0. The van der Waals surface area contributed by atoms with Gasteiger partial charge in [0.15, 0.2) is 5.78 Å². The molecule has 0 saturated heterocycles. The lowest BCUT2D eigenvalue weighted by atomic mass is 10.0. The van der Waals surface area contributed by atoms with E-state index in [1.54, 1.807) is 29.8 Å². The normalized spacial score (nSPS) is 10.7.